The molecule has 1 saturated carbocycles. The number of fused-ring (bicyclic) bond motifs is 2. The van der Waals surface area contributed by atoms with Gasteiger partial charge in [0.1, 0.15) is 47.6 Å². The molecule has 0 amide bonds. The molecule has 2 aromatic carbocycles. The zero-order valence-corrected chi connectivity index (χ0v) is 28.9. The van der Waals surface area contributed by atoms with E-state index in [1.807, 2.05) is 7.05 Å². The zero-order valence-electron chi connectivity index (χ0n) is 27.3. The van der Waals surface area contributed by atoms with Crippen molar-refractivity contribution >= 4 is 54.7 Å². The molecule has 10 nitrogen and oxygen atoms in total. The summed E-state index contributed by atoms with van der Waals surface area (Å²) < 4.78 is 66.2. The zero-order chi connectivity index (χ0) is 34.5. The van der Waals surface area contributed by atoms with Crippen LogP contribution < -0.4 is 25.4 Å². The summed E-state index contributed by atoms with van der Waals surface area (Å²) in [6.07, 6.45) is 3.64. The Morgan fingerprint density at radius 3 is 2.80 bits per heavy atom. The van der Waals surface area contributed by atoms with Gasteiger partial charge in [0, 0.05) is 36.1 Å². The van der Waals surface area contributed by atoms with Crippen molar-refractivity contribution in [3.8, 4) is 29.0 Å². The number of hydrogen-bond acceptors (Lipinski definition) is 11. The lowest BCUT2D eigenvalue weighted by molar-refractivity contribution is 0.107. The van der Waals surface area contributed by atoms with Crippen LogP contribution >= 0.6 is 22.9 Å². The number of ether oxygens (including phenoxy) is 3. The van der Waals surface area contributed by atoms with Crippen LogP contribution in [0.4, 0.5) is 24.0 Å². The van der Waals surface area contributed by atoms with E-state index in [9.17, 15) is 9.65 Å². The van der Waals surface area contributed by atoms with Crippen molar-refractivity contribution in [1.29, 1.82) is 5.26 Å². The molecule has 5 aliphatic rings. The van der Waals surface area contributed by atoms with Gasteiger partial charge < -0.3 is 30.2 Å². The molecular formula is C35H35ClF3N7O3S. The average molecular weight is 726 g/mol. The second-order valence-electron chi connectivity index (χ2n) is 14.2. The van der Waals surface area contributed by atoms with E-state index >= 15 is 8.78 Å². The van der Waals surface area contributed by atoms with Crippen molar-refractivity contribution in [2.24, 2.45) is 0 Å². The van der Waals surface area contributed by atoms with E-state index < -0.39 is 23.3 Å². The fourth-order valence-electron chi connectivity index (χ4n) is 8.88. The maximum Gasteiger partial charge on any atom is 0.319 e. The van der Waals surface area contributed by atoms with Crippen LogP contribution in [0.5, 0.6) is 11.8 Å². The Labute approximate surface area is 295 Å². The summed E-state index contributed by atoms with van der Waals surface area (Å²) in [4.78, 5) is 14.0. The molecule has 4 aliphatic heterocycles. The van der Waals surface area contributed by atoms with Gasteiger partial charge in [-0.15, -0.1) is 11.3 Å². The third kappa shape index (κ3) is 4.70. The first-order valence-corrected chi connectivity index (χ1v) is 18.2. The van der Waals surface area contributed by atoms with Gasteiger partial charge in [-0.25, -0.2) is 13.2 Å². The van der Waals surface area contributed by atoms with E-state index in [4.69, 9.17) is 36.5 Å². The summed E-state index contributed by atoms with van der Waals surface area (Å²) in [7, 11) is 1.93. The van der Waals surface area contributed by atoms with Crippen LogP contribution in [0.3, 0.4) is 0 Å². The van der Waals surface area contributed by atoms with Crippen LogP contribution in [0.2, 0.25) is 5.02 Å². The van der Waals surface area contributed by atoms with Crippen molar-refractivity contribution in [3.63, 3.8) is 0 Å². The minimum Gasteiger partial charge on any atom is -0.489 e. The number of nitrogens with one attached hydrogen (secondary N) is 1. The Balaban J connectivity index is 1.28. The molecule has 50 heavy (non-hydrogen) atoms. The number of alkyl halides is 1. The van der Waals surface area contributed by atoms with E-state index in [0.29, 0.717) is 37.4 Å². The molecule has 4 aromatic rings. The highest BCUT2D eigenvalue weighted by molar-refractivity contribution is 7.23. The number of nitrogen functional groups attached to an aromatic ring is 1. The SMILES string of the molecule is CNC1([C@H]2COc3c(Cl)c(-c4ccc(F)c5sc(N)c(C#N)c45)c(F)c4nc(OC[C@@]56CCCN5C[C@H](F)C6)nc(c34)N2C2CCOC2)CC1. The summed E-state index contributed by atoms with van der Waals surface area (Å²) in [6.45, 7) is 2.51. The normalized spacial score (nSPS) is 27.0. The Morgan fingerprint density at radius 2 is 2.06 bits per heavy atom. The fraction of sp³-hybridized carbons (Fsp3) is 0.514. The first-order chi connectivity index (χ1) is 24.2. The monoisotopic (exact) mass is 725 g/mol. The number of nitriles is 1. The van der Waals surface area contributed by atoms with Gasteiger partial charge in [-0.05, 0) is 57.3 Å². The highest BCUT2D eigenvalue weighted by Crippen LogP contribution is 2.53. The van der Waals surface area contributed by atoms with E-state index in [0.717, 1.165) is 50.0 Å². The molecule has 9 rings (SSSR count). The molecule has 6 heterocycles. The van der Waals surface area contributed by atoms with E-state index in [2.05, 4.69) is 26.2 Å². The molecule has 4 atom stereocenters. The molecular weight excluding hydrogens is 691 g/mol. The predicted octanol–water partition coefficient (Wildman–Crippen LogP) is 5.96. The van der Waals surface area contributed by atoms with Gasteiger partial charge in [-0.1, -0.05) is 17.7 Å². The molecule has 1 unspecified atom stereocenters. The molecule has 262 valence electrons. The Morgan fingerprint density at radius 1 is 1.22 bits per heavy atom. The lowest BCUT2D eigenvalue weighted by Gasteiger charge is -2.40. The first kappa shape index (κ1) is 32.3. The Kier molecular flexibility index (Phi) is 7.57. The fourth-order valence-corrected chi connectivity index (χ4v) is 10.2. The van der Waals surface area contributed by atoms with E-state index in [1.165, 1.54) is 12.1 Å². The summed E-state index contributed by atoms with van der Waals surface area (Å²) >= 11 is 8.09. The van der Waals surface area contributed by atoms with Crippen LogP contribution in [0.15, 0.2) is 12.1 Å². The minimum atomic E-state index is -0.949. The average Bonchev–Trinajstić information content (AvgIpc) is 3.33. The van der Waals surface area contributed by atoms with Crippen LogP contribution in [-0.4, -0.2) is 90.8 Å². The molecule has 0 bridgehead atoms. The number of nitrogens with zero attached hydrogens (tertiary/aromatic N) is 5. The summed E-state index contributed by atoms with van der Waals surface area (Å²) in [5.74, 6) is -0.776. The van der Waals surface area contributed by atoms with Gasteiger partial charge in [0.2, 0.25) is 0 Å². The van der Waals surface area contributed by atoms with Crippen LogP contribution in [0.25, 0.3) is 32.1 Å². The number of aromatic nitrogens is 2. The summed E-state index contributed by atoms with van der Waals surface area (Å²) in [6, 6.07) is 4.29. The number of halogens is 4. The van der Waals surface area contributed by atoms with E-state index in [1.54, 1.807) is 0 Å². The second-order valence-corrected chi connectivity index (χ2v) is 15.6. The standard InChI is InChI=1S/C35H35ClF3N7O3S/c1-42-35(7-8-35)22-15-48-29-25-28(27(39)24(26(29)36)19-3-4-21(38)30-23(19)20(12-40)31(41)50-30)43-33(44-32(25)46(22)18-5-10-47-14-18)49-16-34-6-2-9-45(34)13-17(37)11-34/h3-4,17-18,22,42H,2,5-11,13-16,41H2,1H3/t17-,18?,22-,34+/m1/s1. The van der Waals surface area contributed by atoms with Gasteiger partial charge in [0.25, 0.3) is 0 Å². The quantitative estimate of drug-likeness (QED) is 0.236. The molecule has 15 heteroatoms. The first-order valence-electron chi connectivity index (χ1n) is 17.0. The highest BCUT2D eigenvalue weighted by Gasteiger charge is 2.55. The van der Waals surface area contributed by atoms with Crippen molar-refractivity contribution in [2.75, 3.05) is 57.2 Å². The maximum atomic E-state index is 17.4. The minimum absolute atomic E-state index is 0.0366. The summed E-state index contributed by atoms with van der Waals surface area (Å²) in [5, 5.41) is 14.0. The lowest BCUT2D eigenvalue weighted by Crippen LogP contribution is -2.57. The number of hydrogen-bond donors (Lipinski definition) is 2. The summed E-state index contributed by atoms with van der Waals surface area (Å²) in [5.41, 5.74) is 5.41. The Bertz CT molecular complexity index is 2100. The number of rotatable bonds is 7. The van der Waals surface area contributed by atoms with Crippen LogP contribution in [0.1, 0.15) is 44.1 Å². The molecule has 2 aromatic heterocycles. The van der Waals surface area contributed by atoms with Gasteiger partial charge in [0.15, 0.2) is 11.6 Å². The molecule has 0 spiro atoms. The van der Waals surface area contributed by atoms with Crippen molar-refractivity contribution in [2.45, 2.75) is 67.9 Å². The number of thiophene rings is 1. The number of nitrogens with two attached hydrogens (primary N) is 1. The Hall–Kier alpha value is -3.61. The molecule has 1 aliphatic carbocycles. The number of likely N-dealkylation sites (N-methyl/N-ethyl adjacent to an activating group) is 1. The number of anilines is 2. The predicted molar refractivity (Wildman–Crippen MR) is 185 cm³/mol. The van der Waals surface area contributed by atoms with Crippen LogP contribution in [-0.2, 0) is 4.74 Å². The molecule has 3 saturated heterocycles. The van der Waals surface area contributed by atoms with Crippen molar-refractivity contribution in [1.82, 2.24) is 20.2 Å². The third-order valence-electron chi connectivity index (χ3n) is 11.6. The number of benzene rings is 2. The van der Waals surface area contributed by atoms with Crippen molar-refractivity contribution in [3.05, 3.63) is 34.4 Å². The smallest absolute Gasteiger partial charge is 0.319 e. The van der Waals surface area contributed by atoms with Crippen molar-refractivity contribution < 1.29 is 27.4 Å². The largest absolute Gasteiger partial charge is 0.489 e. The molecule has 0 radical (unpaired) electrons. The topological polar surface area (TPSA) is 122 Å². The van der Waals surface area contributed by atoms with Gasteiger partial charge >= 0.3 is 6.01 Å². The van der Waals surface area contributed by atoms with Gasteiger partial charge in [0.05, 0.1) is 44.9 Å². The maximum absolute atomic E-state index is 17.4. The van der Waals surface area contributed by atoms with Gasteiger partial charge in [-0.2, -0.15) is 15.2 Å². The molecule has 4 fully saturated rings. The highest BCUT2D eigenvalue weighted by atomic mass is 35.5. The lowest BCUT2D eigenvalue weighted by atomic mass is 9.95. The van der Waals surface area contributed by atoms with Crippen LogP contribution in [0, 0.1) is 23.0 Å². The molecule has 3 N–H and O–H groups in total. The van der Waals surface area contributed by atoms with E-state index in [-0.39, 0.29) is 84.9 Å². The second kappa shape index (κ2) is 11.7. The van der Waals surface area contributed by atoms with Gasteiger partial charge in [-0.3, -0.25) is 4.90 Å². The third-order valence-corrected chi connectivity index (χ3v) is 13.0.